The monoisotopic (exact) mass is 542 g/mol. The Labute approximate surface area is 227 Å². The Kier molecular flexibility index (Phi) is 10.5. The number of rotatable bonds is 12. The van der Waals surface area contributed by atoms with Gasteiger partial charge in [-0.05, 0) is 19.3 Å². The molecule has 3 N–H and O–H groups in total. The maximum absolute atomic E-state index is 15.1. The molecule has 0 bridgehead atoms. The van der Waals surface area contributed by atoms with Gasteiger partial charge in [0.1, 0.15) is 31.3 Å². The van der Waals surface area contributed by atoms with Crippen LogP contribution in [0.3, 0.4) is 0 Å². The first-order chi connectivity index (χ1) is 19.0. The molecule has 2 fully saturated rings. The van der Waals surface area contributed by atoms with E-state index >= 15 is 4.39 Å². The van der Waals surface area contributed by atoms with Gasteiger partial charge < -0.3 is 29.7 Å². The van der Waals surface area contributed by atoms with Gasteiger partial charge in [-0.15, -0.1) is 0 Å². The van der Waals surface area contributed by atoms with Crippen LogP contribution in [0, 0.1) is 11.2 Å². The van der Waals surface area contributed by atoms with Gasteiger partial charge in [-0.25, -0.2) is 14.4 Å². The molecule has 1 atom stereocenters. The van der Waals surface area contributed by atoms with Crippen LogP contribution in [0.4, 0.5) is 10.3 Å². The summed E-state index contributed by atoms with van der Waals surface area (Å²) >= 11 is 0. The SMILES string of the molecule is N=C(N)CC(=O)OCc1cccc(-c2cnc(N3CCC(=NOCCCOC4CCCCO4)CC3)nc2)c1F. The van der Waals surface area contributed by atoms with E-state index in [1.807, 2.05) is 0 Å². The van der Waals surface area contributed by atoms with Crippen molar-refractivity contribution in [2.24, 2.45) is 10.9 Å². The molecule has 1 aromatic heterocycles. The molecule has 2 aliphatic rings. The van der Waals surface area contributed by atoms with E-state index in [0.717, 1.165) is 50.8 Å². The summed E-state index contributed by atoms with van der Waals surface area (Å²) in [7, 11) is 0. The van der Waals surface area contributed by atoms with Crippen LogP contribution >= 0.6 is 0 Å². The van der Waals surface area contributed by atoms with Crippen molar-refractivity contribution in [3.8, 4) is 11.1 Å². The Bertz CT molecular complexity index is 1130. The third-order valence-corrected chi connectivity index (χ3v) is 6.39. The highest BCUT2D eigenvalue weighted by Gasteiger charge is 2.19. The molecule has 0 amide bonds. The second-order valence-electron chi connectivity index (χ2n) is 9.41. The fourth-order valence-corrected chi connectivity index (χ4v) is 4.28. The number of hydrogen-bond acceptors (Lipinski definition) is 10. The Morgan fingerprint density at radius 3 is 2.72 bits per heavy atom. The number of hydrogen-bond donors (Lipinski definition) is 2. The van der Waals surface area contributed by atoms with E-state index in [2.05, 4.69) is 20.0 Å². The van der Waals surface area contributed by atoms with Gasteiger partial charge in [-0.1, -0.05) is 23.4 Å². The standard InChI is InChI=1S/C27H35FN6O5/c28-26-19(18-38-24(35)15-23(29)30)5-3-6-22(26)20-16-31-27(32-17-20)34-10-8-21(9-11-34)33-39-14-4-13-37-25-7-1-2-12-36-25/h3,5-6,16-17,25H,1-2,4,7-15,18H2,(H3,29,30). The fourth-order valence-electron chi connectivity index (χ4n) is 4.28. The van der Waals surface area contributed by atoms with E-state index in [-0.39, 0.29) is 30.7 Å². The minimum Gasteiger partial charge on any atom is -0.460 e. The van der Waals surface area contributed by atoms with Crippen LogP contribution in [0.1, 0.15) is 50.5 Å². The molecule has 39 heavy (non-hydrogen) atoms. The van der Waals surface area contributed by atoms with Crippen molar-refractivity contribution >= 4 is 23.5 Å². The number of piperidine rings is 1. The molecule has 2 aliphatic heterocycles. The smallest absolute Gasteiger partial charge is 0.313 e. The number of benzene rings is 1. The lowest BCUT2D eigenvalue weighted by molar-refractivity contribution is -0.164. The van der Waals surface area contributed by atoms with Crippen molar-refractivity contribution in [3.05, 3.63) is 42.0 Å². The molecule has 1 unspecified atom stereocenters. The number of esters is 1. The van der Waals surface area contributed by atoms with Gasteiger partial charge in [0.2, 0.25) is 5.95 Å². The van der Waals surface area contributed by atoms with Crippen LogP contribution in [0.2, 0.25) is 0 Å². The highest BCUT2D eigenvalue weighted by Crippen LogP contribution is 2.26. The fraction of sp³-hybridized carbons (Fsp3) is 0.519. The van der Waals surface area contributed by atoms with E-state index in [1.165, 1.54) is 6.07 Å². The Morgan fingerprint density at radius 2 is 2.00 bits per heavy atom. The van der Waals surface area contributed by atoms with E-state index < -0.39 is 11.8 Å². The van der Waals surface area contributed by atoms with Crippen molar-refractivity contribution in [3.63, 3.8) is 0 Å². The number of aromatic nitrogens is 2. The summed E-state index contributed by atoms with van der Waals surface area (Å²) in [6.45, 7) is 3.04. The second kappa shape index (κ2) is 14.5. The Balaban J connectivity index is 1.21. The van der Waals surface area contributed by atoms with Gasteiger partial charge in [0.05, 0.1) is 12.3 Å². The molecule has 0 saturated carbocycles. The lowest BCUT2D eigenvalue weighted by atomic mass is 10.0. The number of nitrogens with zero attached hydrogens (tertiary/aromatic N) is 4. The van der Waals surface area contributed by atoms with Crippen LogP contribution in [0.15, 0.2) is 35.7 Å². The molecule has 0 aliphatic carbocycles. The van der Waals surface area contributed by atoms with Crippen LogP contribution in [-0.2, 0) is 30.4 Å². The minimum atomic E-state index is -0.684. The lowest BCUT2D eigenvalue weighted by Crippen LogP contribution is -2.35. The van der Waals surface area contributed by atoms with E-state index in [1.54, 1.807) is 24.5 Å². The number of nitrogens with one attached hydrogen (secondary N) is 1. The summed E-state index contributed by atoms with van der Waals surface area (Å²) in [4.78, 5) is 28.1. The molecule has 210 valence electrons. The summed E-state index contributed by atoms with van der Waals surface area (Å²) in [5.74, 6) is -0.942. The van der Waals surface area contributed by atoms with E-state index in [0.29, 0.717) is 43.4 Å². The summed E-state index contributed by atoms with van der Waals surface area (Å²) in [5, 5.41) is 11.4. The quantitative estimate of drug-likeness (QED) is 0.135. The number of carbonyl (C=O) groups is 1. The molecule has 4 rings (SSSR count). The molecule has 0 spiro atoms. The van der Waals surface area contributed by atoms with Gasteiger partial charge in [-0.2, -0.15) is 0 Å². The first-order valence-electron chi connectivity index (χ1n) is 13.2. The van der Waals surface area contributed by atoms with Gasteiger partial charge in [-0.3, -0.25) is 10.2 Å². The van der Waals surface area contributed by atoms with Crippen molar-refractivity contribution in [1.29, 1.82) is 5.41 Å². The average Bonchev–Trinajstić information content (AvgIpc) is 2.95. The third-order valence-electron chi connectivity index (χ3n) is 6.39. The van der Waals surface area contributed by atoms with Gasteiger partial charge >= 0.3 is 5.97 Å². The minimum absolute atomic E-state index is 0.0780. The molecule has 3 heterocycles. The summed E-state index contributed by atoms with van der Waals surface area (Å²) in [6, 6.07) is 4.83. The van der Waals surface area contributed by atoms with E-state index in [4.69, 9.17) is 30.2 Å². The average molecular weight is 543 g/mol. The first kappa shape index (κ1) is 28.4. The maximum atomic E-state index is 15.1. The molecule has 2 saturated heterocycles. The second-order valence-corrected chi connectivity index (χ2v) is 9.41. The summed E-state index contributed by atoms with van der Waals surface area (Å²) in [6.07, 6.45) is 8.22. The number of halogens is 1. The topological polar surface area (TPSA) is 145 Å². The van der Waals surface area contributed by atoms with Crippen molar-refractivity contribution in [2.45, 2.75) is 57.8 Å². The van der Waals surface area contributed by atoms with Crippen molar-refractivity contribution in [1.82, 2.24) is 9.97 Å². The van der Waals surface area contributed by atoms with Crippen LogP contribution in [0.5, 0.6) is 0 Å². The van der Waals surface area contributed by atoms with E-state index in [9.17, 15) is 4.79 Å². The van der Waals surface area contributed by atoms with Gasteiger partial charge in [0, 0.05) is 68.0 Å². The molecular formula is C27H35FN6O5. The predicted molar refractivity (Wildman–Crippen MR) is 143 cm³/mol. The summed E-state index contributed by atoms with van der Waals surface area (Å²) in [5.41, 5.74) is 7.23. The predicted octanol–water partition coefficient (Wildman–Crippen LogP) is 3.56. The number of ether oxygens (including phenoxy) is 3. The highest BCUT2D eigenvalue weighted by atomic mass is 19.1. The van der Waals surface area contributed by atoms with Crippen LogP contribution < -0.4 is 10.6 Å². The number of amidine groups is 1. The normalized spacial score (nSPS) is 17.5. The van der Waals surface area contributed by atoms with Gasteiger partial charge in [0.25, 0.3) is 0 Å². The van der Waals surface area contributed by atoms with Crippen LogP contribution in [0.25, 0.3) is 11.1 Å². The Hall–Kier alpha value is -3.64. The molecule has 1 aromatic carbocycles. The van der Waals surface area contributed by atoms with Gasteiger partial charge in [0.15, 0.2) is 6.29 Å². The number of carbonyl (C=O) groups excluding carboxylic acids is 1. The van der Waals surface area contributed by atoms with Crippen molar-refractivity contribution in [2.75, 3.05) is 37.8 Å². The van der Waals surface area contributed by atoms with Crippen molar-refractivity contribution < 1.29 is 28.2 Å². The number of anilines is 1. The number of nitrogens with two attached hydrogens (primary N) is 1. The zero-order chi connectivity index (χ0) is 27.5. The first-order valence-corrected chi connectivity index (χ1v) is 13.2. The maximum Gasteiger partial charge on any atom is 0.313 e. The molecule has 11 nitrogen and oxygen atoms in total. The Morgan fingerprint density at radius 1 is 1.21 bits per heavy atom. The molecular weight excluding hydrogens is 507 g/mol. The highest BCUT2D eigenvalue weighted by molar-refractivity contribution is 5.94. The summed E-state index contributed by atoms with van der Waals surface area (Å²) < 4.78 is 31.3. The number of oxime groups is 1. The van der Waals surface area contributed by atoms with Crippen LogP contribution in [-0.4, -0.2) is 66.7 Å². The zero-order valence-electron chi connectivity index (χ0n) is 21.9. The molecule has 12 heteroatoms. The molecule has 0 radical (unpaired) electrons. The zero-order valence-corrected chi connectivity index (χ0v) is 21.9. The molecule has 2 aromatic rings. The lowest BCUT2D eigenvalue weighted by Gasteiger charge is -2.27. The largest absolute Gasteiger partial charge is 0.460 e. The third kappa shape index (κ3) is 8.69.